The number of aliphatic hydroxyl groups is 3. The van der Waals surface area contributed by atoms with Gasteiger partial charge in [-0.3, -0.25) is 9.97 Å². The van der Waals surface area contributed by atoms with Gasteiger partial charge < -0.3 is 77.5 Å². The summed E-state index contributed by atoms with van der Waals surface area (Å²) >= 11 is 0. The van der Waals surface area contributed by atoms with Crippen LogP contribution in [0.3, 0.4) is 0 Å². The number of likely N-dealkylation sites (tertiary alicyclic amines) is 6. The molecule has 0 radical (unpaired) electrons. The average molecular weight is 1570 g/mol. The molecule has 6 aliphatic heterocycles. The number of fused-ring (bicyclic) bond motifs is 6. The number of carbonyl (C=O) groups excluding carboxylic acids is 3. The number of rotatable bonds is 13. The van der Waals surface area contributed by atoms with Gasteiger partial charge in [-0.25, -0.2) is 27.6 Å². The first-order valence-corrected chi connectivity index (χ1v) is 38.5. The third-order valence-corrected chi connectivity index (χ3v) is 23.4. The maximum Gasteiger partial charge on any atom is 0.321 e. The molecule has 602 valence electrons. The summed E-state index contributed by atoms with van der Waals surface area (Å²) in [6.07, 6.45) is 3.41. The molecule has 6 amide bonds. The van der Waals surface area contributed by atoms with E-state index in [1.54, 1.807) is 72.1 Å². The molecule has 15 rings (SSSR count). The van der Waals surface area contributed by atoms with E-state index in [2.05, 4.69) is 59.2 Å². The number of hydrogen-bond donors (Lipinski definition) is 9. The Labute approximate surface area is 675 Å². The molecule has 6 fully saturated rings. The number of aromatic nitrogens is 2. The Bertz CT molecular complexity index is 4920. The van der Waals surface area contributed by atoms with E-state index in [9.17, 15) is 58.7 Å². The van der Waals surface area contributed by atoms with Crippen molar-refractivity contribution in [3.63, 3.8) is 0 Å². The van der Waals surface area contributed by atoms with Crippen LogP contribution in [0.1, 0.15) is 74.4 Å². The molecule has 6 atom stereocenters. The van der Waals surface area contributed by atoms with Crippen molar-refractivity contribution in [2.45, 2.75) is 64.6 Å². The summed E-state index contributed by atoms with van der Waals surface area (Å²) < 4.78 is 41.5. The van der Waals surface area contributed by atoms with Crippen molar-refractivity contribution in [2.24, 2.45) is 47.0 Å². The molecule has 9 aromatic rings. The number of nitrogens with one attached hydrogen (secondary N) is 4. The van der Waals surface area contributed by atoms with Gasteiger partial charge in [-0.2, -0.15) is 15.8 Å². The SMILES string of the molecule is C.CNCc1ccc(-c2ccc(C3(O)C4CN(C)CC3CN(C(=O)Nc3cc(C)cc(F)c3)C4)nc2)c(C#N)c1.Cc1cc(F)cc(NC(=O)N2CC3CN(C)CC(C2)C3(O)c2ccc(-c3ccc(CN)cc3C#N)cc2)c1.Cc1cc(F)cc(NC(=O)N2CC3CN(C)CC(C2)C3(O)c2ccc(-c3ccc(CN)cc3C#N)cn2)c1. The number of pyridine rings is 2. The second-order valence-electron chi connectivity index (χ2n) is 31.7. The molecule has 8 heterocycles. The van der Waals surface area contributed by atoms with E-state index >= 15 is 0 Å². The first-order chi connectivity index (χ1) is 55.1. The van der Waals surface area contributed by atoms with E-state index in [1.165, 1.54) is 36.4 Å². The van der Waals surface area contributed by atoms with Crippen LogP contribution in [-0.4, -0.2) is 180 Å². The van der Waals surface area contributed by atoms with Crippen molar-refractivity contribution in [1.82, 2.24) is 44.7 Å². The van der Waals surface area contributed by atoms with Crippen LogP contribution in [0.25, 0.3) is 33.4 Å². The summed E-state index contributed by atoms with van der Waals surface area (Å²) in [6, 6.07) is 51.3. The zero-order valence-corrected chi connectivity index (χ0v) is 65.5. The van der Waals surface area contributed by atoms with Crippen LogP contribution >= 0.6 is 0 Å². The first-order valence-electron chi connectivity index (χ1n) is 38.5. The fourth-order valence-electron chi connectivity index (χ4n) is 18.0. The van der Waals surface area contributed by atoms with Gasteiger partial charge in [0.1, 0.15) is 34.3 Å². The van der Waals surface area contributed by atoms with Crippen molar-refractivity contribution >= 4 is 35.2 Å². The highest BCUT2D eigenvalue weighted by atomic mass is 19.1. The fourth-order valence-corrected chi connectivity index (χ4v) is 18.0. The number of anilines is 3. The van der Waals surface area contributed by atoms with Gasteiger partial charge in [-0.1, -0.05) is 80.2 Å². The van der Waals surface area contributed by atoms with Crippen molar-refractivity contribution < 1.29 is 42.9 Å². The summed E-state index contributed by atoms with van der Waals surface area (Å²) in [5.74, 6) is -2.66. The molecule has 6 unspecified atom stereocenters. The lowest BCUT2D eigenvalue weighted by Gasteiger charge is -2.55. The zero-order chi connectivity index (χ0) is 81.8. The lowest BCUT2D eigenvalue weighted by atomic mass is 9.66. The number of nitrogens with two attached hydrogens (primary N) is 2. The van der Waals surface area contributed by atoms with Gasteiger partial charge >= 0.3 is 18.1 Å². The predicted octanol–water partition coefficient (Wildman–Crippen LogP) is 11.8. The molecule has 0 saturated carbocycles. The summed E-state index contributed by atoms with van der Waals surface area (Å²) in [6.45, 7) is 12.5. The molecule has 116 heavy (non-hydrogen) atoms. The Kier molecular flexibility index (Phi) is 25.6. The highest BCUT2D eigenvalue weighted by Crippen LogP contribution is 2.49. The molecule has 6 saturated heterocycles. The summed E-state index contributed by atoms with van der Waals surface area (Å²) in [5.41, 5.74) is 22.6. The average Bonchev–Trinajstić information content (AvgIpc) is 0.744. The van der Waals surface area contributed by atoms with Gasteiger partial charge in [0, 0.05) is 185 Å². The summed E-state index contributed by atoms with van der Waals surface area (Å²) in [4.78, 5) is 60.4. The van der Waals surface area contributed by atoms with Crippen LogP contribution in [0.2, 0.25) is 0 Å². The Hall–Kier alpha value is -11.5. The quantitative estimate of drug-likeness (QED) is 0.0518. The molecule has 0 aliphatic carbocycles. The lowest BCUT2D eigenvalue weighted by molar-refractivity contribution is -0.155. The number of nitrogens with zero attached hydrogens (tertiary/aromatic N) is 11. The van der Waals surface area contributed by atoms with Gasteiger partial charge in [0.25, 0.3) is 0 Å². The van der Waals surface area contributed by atoms with E-state index in [0.29, 0.717) is 143 Å². The smallest absolute Gasteiger partial charge is 0.321 e. The minimum absolute atomic E-state index is 0. The molecular formula is C90H100F3N17O6. The van der Waals surface area contributed by atoms with Gasteiger partial charge in [-0.15, -0.1) is 0 Å². The Morgan fingerprint density at radius 2 is 0.733 bits per heavy atom. The summed E-state index contributed by atoms with van der Waals surface area (Å²) in [7, 11) is 7.92. The van der Waals surface area contributed by atoms with E-state index in [0.717, 1.165) is 72.3 Å². The highest BCUT2D eigenvalue weighted by Gasteiger charge is 2.57. The van der Waals surface area contributed by atoms with E-state index in [-0.39, 0.29) is 61.0 Å². The number of benzene rings is 7. The normalized spacial score (nSPS) is 22.8. The third kappa shape index (κ3) is 17.7. The van der Waals surface area contributed by atoms with Crippen molar-refractivity contribution in [3.8, 4) is 51.6 Å². The van der Waals surface area contributed by atoms with Crippen LogP contribution in [0.5, 0.6) is 0 Å². The topological polar surface area (TPSA) is 329 Å². The van der Waals surface area contributed by atoms with Gasteiger partial charge in [0.05, 0.1) is 46.3 Å². The second-order valence-corrected chi connectivity index (χ2v) is 31.7. The Balaban J connectivity index is 0.000000160. The largest absolute Gasteiger partial charge is 0.384 e. The van der Waals surface area contributed by atoms with E-state index in [4.69, 9.17) is 16.5 Å². The third-order valence-electron chi connectivity index (χ3n) is 23.4. The van der Waals surface area contributed by atoms with Crippen LogP contribution in [0.4, 0.5) is 44.6 Å². The minimum Gasteiger partial charge on any atom is -0.384 e. The number of urea groups is 3. The predicted molar refractivity (Wildman–Crippen MR) is 441 cm³/mol. The second kappa shape index (κ2) is 35.3. The number of piperidine rings is 6. The Morgan fingerprint density at radius 3 is 1.03 bits per heavy atom. The molecule has 6 aliphatic rings. The monoisotopic (exact) mass is 1570 g/mol. The number of carbonyl (C=O) groups is 3. The van der Waals surface area contributed by atoms with Crippen LogP contribution in [0.15, 0.2) is 170 Å². The highest BCUT2D eigenvalue weighted by molar-refractivity contribution is 5.91. The van der Waals surface area contributed by atoms with E-state index in [1.807, 2.05) is 125 Å². The number of amides is 6. The van der Waals surface area contributed by atoms with Crippen LogP contribution in [0, 0.1) is 108 Å². The van der Waals surface area contributed by atoms with Crippen molar-refractivity contribution in [1.29, 1.82) is 15.8 Å². The lowest BCUT2D eigenvalue weighted by Crippen LogP contribution is -2.66. The number of hydrogen-bond acceptors (Lipinski definition) is 17. The molecule has 26 heteroatoms. The maximum atomic E-state index is 13.8. The maximum absolute atomic E-state index is 13.8. The minimum atomic E-state index is -1.21. The summed E-state index contributed by atoms with van der Waals surface area (Å²) in [5, 5.41) is 76.8. The number of nitriles is 3. The molecule has 11 N–H and O–H groups in total. The zero-order valence-electron chi connectivity index (χ0n) is 65.5. The first kappa shape index (κ1) is 84.0. The molecule has 0 spiro atoms. The van der Waals surface area contributed by atoms with Crippen LogP contribution < -0.4 is 32.7 Å². The molecule has 7 aromatic carbocycles. The van der Waals surface area contributed by atoms with Crippen LogP contribution in [-0.2, 0) is 36.4 Å². The van der Waals surface area contributed by atoms with Crippen molar-refractivity contribution in [2.75, 3.05) is 123 Å². The number of halogens is 3. The van der Waals surface area contributed by atoms with Gasteiger partial charge in [-0.05, 0) is 184 Å². The van der Waals surface area contributed by atoms with Gasteiger partial charge in [0.15, 0.2) is 0 Å². The van der Waals surface area contributed by atoms with Crippen molar-refractivity contribution in [3.05, 3.63) is 255 Å². The van der Waals surface area contributed by atoms with Gasteiger partial charge in [0.2, 0.25) is 0 Å². The Morgan fingerprint density at radius 1 is 0.431 bits per heavy atom. The van der Waals surface area contributed by atoms with E-state index < -0.39 is 34.3 Å². The molecule has 6 bridgehead atoms. The molecule has 2 aromatic heterocycles. The fraction of sp³-hybridized carbons (Fsp3) is 0.356. The molecular weight excluding hydrogens is 1470 g/mol. The number of aryl methyl sites for hydroxylation is 3. The standard InChI is InChI=1S/C30H33FN6O2.C30H32FN5O2.C29H31FN6O2.CH4/c1-19-8-25(31)11-26(9-19)35-29(38)37-17-23-15-36(3)16-24(18-37)30(23,39)28-7-5-21(14-34-28)27-6-4-20(13-33-2)10-22(27)12-32;1-19-9-26(31)12-27(10-19)34-29(37)36-17-24-15-35(2)16-25(18-36)30(24,38)23-6-4-21(5-7-23)28-8-3-20(13-32)11-22(28)14-33;1-18-7-24(30)10-25(8-18)34-28(37)36-16-22-14-35(2)15-23(17-36)29(22,38)27-6-4-20(13-33-27)26-5-3-19(11-31)9-21(26)12-32;/h4-11,14,23-24,33,39H,13,15-18H2,1-3H3,(H,35,38);3-12,24-25,38H,13,15-18,32H2,1-2H3,(H,34,37);3-10,13,22-23,38H,11,14-17,31H2,1-2H3,(H,34,37);1H4. The molecule has 23 nitrogen and oxygen atoms in total.